The van der Waals surface area contributed by atoms with Gasteiger partial charge in [0.15, 0.2) is 0 Å². The van der Waals surface area contributed by atoms with Crippen molar-refractivity contribution in [2.45, 2.75) is 37.4 Å². The van der Waals surface area contributed by atoms with Crippen LogP contribution in [-0.2, 0) is 16.2 Å². The number of piperazine rings is 1. The van der Waals surface area contributed by atoms with Crippen molar-refractivity contribution >= 4 is 21.7 Å². The van der Waals surface area contributed by atoms with E-state index in [0.29, 0.717) is 5.56 Å². The van der Waals surface area contributed by atoms with Crippen LogP contribution in [0.25, 0.3) is 0 Å². The maximum Gasteiger partial charge on any atom is 0.416 e. The van der Waals surface area contributed by atoms with Gasteiger partial charge in [-0.15, -0.1) is 0 Å². The van der Waals surface area contributed by atoms with Gasteiger partial charge in [0.05, 0.1) is 16.0 Å². The van der Waals surface area contributed by atoms with Gasteiger partial charge in [0.25, 0.3) is 5.91 Å². The average molecular weight is 483 g/mol. The molecule has 1 unspecified atom stereocenters. The lowest BCUT2D eigenvalue weighted by Gasteiger charge is -2.39. The molecule has 0 radical (unpaired) electrons. The second-order valence-electron chi connectivity index (χ2n) is 8.43. The topological polar surface area (TPSA) is 73.8 Å². The molecular weight excluding hydrogens is 457 g/mol. The van der Waals surface area contributed by atoms with Crippen molar-refractivity contribution < 1.29 is 26.4 Å². The normalized spacial score (nSPS) is 20.0. The molecule has 7 nitrogen and oxygen atoms in total. The number of aromatic nitrogens is 1. The highest BCUT2D eigenvalue weighted by Crippen LogP contribution is 2.31. The molecular formula is C22H25F3N4O3S. The van der Waals surface area contributed by atoms with Gasteiger partial charge in [-0.1, -0.05) is 0 Å². The summed E-state index contributed by atoms with van der Waals surface area (Å²) >= 11 is 0. The zero-order valence-corrected chi connectivity index (χ0v) is 19.2. The van der Waals surface area contributed by atoms with Crippen LogP contribution in [0.1, 0.15) is 34.8 Å². The molecule has 1 aromatic carbocycles. The minimum absolute atomic E-state index is 0.0490. The summed E-state index contributed by atoms with van der Waals surface area (Å²) in [5.41, 5.74) is 0.378. The molecule has 4 rings (SSSR count). The number of benzene rings is 1. The fraction of sp³-hybridized carbons (Fsp3) is 0.455. The first-order chi connectivity index (χ1) is 15.5. The first-order valence-electron chi connectivity index (χ1n) is 10.7. The van der Waals surface area contributed by atoms with Crippen molar-refractivity contribution in [1.82, 2.24) is 14.2 Å². The number of carbonyl (C=O) groups is 1. The third-order valence-electron chi connectivity index (χ3n) is 6.18. The first-order valence-corrected chi connectivity index (χ1v) is 12.1. The number of carbonyl (C=O) groups excluding carboxylic acids is 1. The van der Waals surface area contributed by atoms with Gasteiger partial charge in [-0.05, 0) is 56.2 Å². The Morgan fingerprint density at radius 3 is 2.27 bits per heavy atom. The summed E-state index contributed by atoms with van der Waals surface area (Å²) in [7, 11) is -3.98. The van der Waals surface area contributed by atoms with Crippen LogP contribution in [0.3, 0.4) is 0 Å². The fourth-order valence-corrected chi connectivity index (χ4v) is 5.56. The van der Waals surface area contributed by atoms with Crippen molar-refractivity contribution in [3.63, 3.8) is 0 Å². The Hall–Kier alpha value is -2.66. The molecule has 3 heterocycles. The van der Waals surface area contributed by atoms with E-state index in [0.717, 1.165) is 55.2 Å². The number of hydrogen-bond donors (Lipinski definition) is 0. The fourth-order valence-electron chi connectivity index (χ4n) is 4.05. The molecule has 0 N–H and O–H groups in total. The van der Waals surface area contributed by atoms with E-state index in [1.807, 2.05) is 13.0 Å². The van der Waals surface area contributed by atoms with Crippen LogP contribution in [0.4, 0.5) is 19.0 Å². The standard InChI is InChI=1S/C22H25F3N4O3S/c1-15-12-20(27-8-3-9-27)26-13-19(15)21(30)29-11-10-28(14-16(29)2)33(31,32)18-6-4-17(5-7-18)22(23,24)25/h4-7,12-13,16H,3,8-11,14H2,1-2H3. The summed E-state index contributed by atoms with van der Waals surface area (Å²) in [6.07, 6.45) is -1.84. The van der Waals surface area contributed by atoms with Crippen LogP contribution in [0.5, 0.6) is 0 Å². The summed E-state index contributed by atoms with van der Waals surface area (Å²) in [6.45, 7) is 5.79. The summed E-state index contributed by atoms with van der Waals surface area (Å²) in [5.74, 6) is 0.630. The molecule has 2 aliphatic rings. The lowest BCUT2D eigenvalue weighted by atomic mass is 10.1. The molecule has 2 aromatic rings. The van der Waals surface area contributed by atoms with Gasteiger partial charge in [0, 0.05) is 45.0 Å². The molecule has 1 aromatic heterocycles. The Morgan fingerprint density at radius 1 is 1.09 bits per heavy atom. The summed E-state index contributed by atoms with van der Waals surface area (Å²) < 4.78 is 65.5. The summed E-state index contributed by atoms with van der Waals surface area (Å²) in [6, 6.07) is 4.93. The number of amides is 1. The van der Waals surface area contributed by atoms with Crippen LogP contribution in [0.2, 0.25) is 0 Å². The second kappa shape index (κ2) is 8.60. The maximum atomic E-state index is 13.2. The van der Waals surface area contributed by atoms with Crippen LogP contribution in [0.15, 0.2) is 41.4 Å². The van der Waals surface area contributed by atoms with E-state index in [-0.39, 0.29) is 30.4 Å². The number of alkyl halides is 3. The van der Waals surface area contributed by atoms with Crippen LogP contribution in [0, 0.1) is 6.92 Å². The highest BCUT2D eigenvalue weighted by molar-refractivity contribution is 7.89. The monoisotopic (exact) mass is 482 g/mol. The largest absolute Gasteiger partial charge is 0.416 e. The Morgan fingerprint density at radius 2 is 1.76 bits per heavy atom. The highest BCUT2D eigenvalue weighted by Gasteiger charge is 2.36. The Labute approximate surface area is 190 Å². The number of halogens is 3. The van der Waals surface area contributed by atoms with Gasteiger partial charge in [-0.2, -0.15) is 17.5 Å². The van der Waals surface area contributed by atoms with E-state index in [9.17, 15) is 26.4 Å². The molecule has 33 heavy (non-hydrogen) atoms. The minimum Gasteiger partial charge on any atom is -0.356 e. The summed E-state index contributed by atoms with van der Waals surface area (Å²) in [5, 5.41) is 0. The van der Waals surface area contributed by atoms with Gasteiger partial charge >= 0.3 is 6.18 Å². The number of sulfonamides is 1. The van der Waals surface area contributed by atoms with Crippen molar-refractivity contribution in [2.75, 3.05) is 37.6 Å². The number of anilines is 1. The van der Waals surface area contributed by atoms with Crippen molar-refractivity contribution in [2.24, 2.45) is 0 Å². The van der Waals surface area contributed by atoms with Crippen LogP contribution < -0.4 is 4.90 Å². The molecule has 0 spiro atoms. The van der Waals surface area contributed by atoms with Crippen LogP contribution >= 0.6 is 0 Å². The second-order valence-corrected chi connectivity index (χ2v) is 10.4. The molecule has 0 bridgehead atoms. The van der Waals surface area contributed by atoms with Crippen LogP contribution in [-0.4, -0.2) is 67.3 Å². The van der Waals surface area contributed by atoms with Gasteiger partial charge in [0.1, 0.15) is 5.82 Å². The number of aryl methyl sites for hydroxylation is 1. The van der Waals surface area contributed by atoms with Crippen molar-refractivity contribution in [3.05, 3.63) is 53.2 Å². The molecule has 2 aliphatic heterocycles. The number of pyridine rings is 1. The highest BCUT2D eigenvalue weighted by atomic mass is 32.2. The van der Waals surface area contributed by atoms with E-state index in [4.69, 9.17) is 0 Å². The molecule has 2 fully saturated rings. The molecule has 2 saturated heterocycles. The van der Waals surface area contributed by atoms with Gasteiger partial charge in [0.2, 0.25) is 10.0 Å². The molecule has 0 saturated carbocycles. The van der Waals surface area contributed by atoms with E-state index in [2.05, 4.69) is 9.88 Å². The average Bonchev–Trinajstić information content (AvgIpc) is 2.71. The smallest absolute Gasteiger partial charge is 0.356 e. The van der Waals surface area contributed by atoms with E-state index in [1.165, 1.54) is 4.31 Å². The zero-order valence-electron chi connectivity index (χ0n) is 18.3. The SMILES string of the molecule is Cc1cc(N2CCC2)ncc1C(=O)N1CCN(S(=O)(=O)c2ccc(C(F)(F)F)cc2)CC1C. The van der Waals surface area contributed by atoms with Gasteiger partial charge < -0.3 is 9.80 Å². The lowest BCUT2D eigenvalue weighted by Crippen LogP contribution is -2.55. The lowest BCUT2D eigenvalue weighted by molar-refractivity contribution is -0.137. The van der Waals surface area contributed by atoms with E-state index < -0.39 is 27.8 Å². The third kappa shape index (κ3) is 4.56. The molecule has 1 atom stereocenters. The Kier molecular flexibility index (Phi) is 6.12. The van der Waals surface area contributed by atoms with E-state index in [1.54, 1.807) is 18.0 Å². The quantitative estimate of drug-likeness (QED) is 0.670. The predicted octanol–water partition coefficient (Wildman–Crippen LogP) is 3.15. The molecule has 1 amide bonds. The Balaban J connectivity index is 1.46. The Bertz CT molecular complexity index is 1150. The predicted molar refractivity (Wildman–Crippen MR) is 117 cm³/mol. The number of rotatable bonds is 4. The molecule has 178 valence electrons. The molecule has 11 heteroatoms. The minimum atomic E-state index is -4.54. The number of nitrogens with zero attached hydrogens (tertiary/aromatic N) is 4. The zero-order chi connectivity index (χ0) is 24.0. The van der Waals surface area contributed by atoms with Crippen molar-refractivity contribution in [3.8, 4) is 0 Å². The first kappa shape index (κ1) is 23.5. The van der Waals surface area contributed by atoms with Gasteiger partial charge in [-0.25, -0.2) is 13.4 Å². The van der Waals surface area contributed by atoms with Crippen molar-refractivity contribution in [1.29, 1.82) is 0 Å². The third-order valence-corrected chi connectivity index (χ3v) is 8.06. The van der Waals surface area contributed by atoms with Gasteiger partial charge in [-0.3, -0.25) is 4.79 Å². The van der Waals surface area contributed by atoms with E-state index >= 15 is 0 Å². The number of hydrogen-bond acceptors (Lipinski definition) is 5. The maximum absolute atomic E-state index is 13.2. The summed E-state index contributed by atoms with van der Waals surface area (Å²) in [4.78, 5) is 21.1. The molecule has 0 aliphatic carbocycles.